The minimum absolute atomic E-state index is 0.0148. The predicted molar refractivity (Wildman–Crippen MR) is 142 cm³/mol. The molecule has 0 aliphatic carbocycles. The van der Waals surface area contributed by atoms with Crippen LogP contribution < -0.4 is 10.1 Å². The molecule has 1 aliphatic rings. The predicted octanol–water partition coefficient (Wildman–Crippen LogP) is 4.96. The van der Waals surface area contributed by atoms with Gasteiger partial charge in [-0.05, 0) is 57.3 Å². The number of likely N-dealkylation sites (tertiary alicyclic amines) is 1. The number of hydrogen-bond donors (Lipinski definition) is 2. The van der Waals surface area contributed by atoms with Crippen molar-refractivity contribution in [2.24, 2.45) is 0 Å². The van der Waals surface area contributed by atoms with Crippen LogP contribution in [0.5, 0.6) is 11.5 Å². The zero-order chi connectivity index (χ0) is 25.9. The van der Waals surface area contributed by atoms with Crippen LogP contribution in [-0.4, -0.2) is 77.7 Å². The van der Waals surface area contributed by atoms with Gasteiger partial charge in [0.2, 0.25) is 0 Å². The molecular formula is C27H33ClN5O3+. The van der Waals surface area contributed by atoms with Crippen molar-refractivity contribution in [3.05, 3.63) is 59.4 Å². The highest BCUT2D eigenvalue weighted by molar-refractivity contribution is 6.33. The van der Waals surface area contributed by atoms with Gasteiger partial charge in [0.05, 0.1) is 56.0 Å². The van der Waals surface area contributed by atoms with Gasteiger partial charge < -0.3 is 20.1 Å². The van der Waals surface area contributed by atoms with Crippen LogP contribution >= 0.6 is 11.6 Å². The number of piperidine rings is 1. The number of carbonyl (C=O) groups excluding carboxylic acids is 1. The first-order valence-corrected chi connectivity index (χ1v) is 12.4. The lowest BCUT2D eigenvalue weighted by Gasteiger charge is -2.43. The van der Waals surface area contributed by atoms with E-state index in [1.54, 1.807) is 55.9 Å². The number of phenols is 1. The Morgan fingerprint density at radius 3 is 2.67 bits per heavy atom. The molecule has 1 amide bonds. The van der Waals surface area contributed by atoms with Crippen LogP contribution in [0.4, 0.5) is 11.5 Å². The number of nitrogens with zero attached hydrogens (tertiary/aromatic N) is 4. The summed E-state index contributed by atoms with van der Waals surface area (Å²) in [5.74, 6) is 1.15. The van der Waals surface area contributed by atoms with Gasteiger partial charge in [-0.1, -0.05) is 11.6 Å². The summed E-state index contributed by atoms with van der Waals surface area (Å²) in [5.41, 5.74) is 2.50. The second-order valence-electron chi connectivity index (χ2n) is 9.70. The smallest absolute Gasteiger partial charge is 0.349 e. The van der Waals surface area contributed by atoms with E-state index in [4.69, 9.17) is 16.3 Å². The minimum Gasteiger partial charge on any atom is -0.508 e. The maximum Gasteiger partial charge on any atom is 0.349 e. The molecule has 2 aromatic carbocycles. The Balaban J connectivity index is 1.63. The van der Waals surface area contributed by atoms with E-state index in [1.165, 1.54) is 0 Å². The van der Waals surface area contributed by atoms with Gasteiger partial charge in [0.25, 0.3) is 0 Å². The second kappa shape index (κ2) is 10.8. The second-order valence-corrected chi connectivity index (χ2v) is 10.1. The average Bonchev–Trinajstić information content (AvgIpc) is 2.86. The van der Waals surface area contributed by atoms with E-state index >= 15 is 0 Å². The van der Waals surface area contributed by atoms with E-state index in [0.29, 0.717) is 38.0 Å². The Morgan fingerprint density at radius 1 is 1.22 bits per heavy atom. The first-order valence-electron chi connectivity index (χ1n) is 12.0. The van der Waals surface area contributed by atoms with Crippen molar-refractivity contribution in [3.63, 3.8) is 0 Å². The number of amides is 1. The maximum atomic E-state index is 13.9. The zero-order valence-corrected chi connectivity index (χ0v) is 21.9. The third-order valence-corrected chi connectivity index (χ3v) is 7.15. The van der Waals surface area contributed by atoms with Crippen molar-refractivity contribution in [1.82, 2.24) is 14.9 Å². The number of anilines is 2. The molecule has 1 fully saturated rings. The number of aromatic hydroxyl groups is 1. The average molecular weight is 511 g/mol. The van der Waals surface area contributed by atoms with Gasteiger partial charge in [0.1, 0.15) is 28.9 Å². The molecule has 2 N–H and O–H groups in total. The molecular weight excluding hydrogens is 478 g/mol. The van der Waals surface area contributed by atoms with Crippen LogP contribution in [0.2, 0.25) is 5.02 Å². The quantitative estimate of drug-likeness (QED) is 0.434. The summed E-state index contributed by atoms with van der Waals surface area (Å²) in [6.45, 7) is 1.63. The highest BCUT2D eigenvalue weighted by Gasteiger charge is 2.44. The van der Waals surface area contributed by atoms with Crippen LogP contribution in [-0.2, 0) is 0 Å². The highest BCUT2D eigenvalue weighted by Crippen LogP contribution is 2.36. The van der Waals surface area contributed by atoms with Crippen molar-refractivity contribution in [1.29, 1.82) is 0 Å². The summed E-state index contributed by atoms with van der Waals surface area (Å²) < 4.78 is 5.99. The van der Waals surface area contributed by atoms with Crippen molar-refractivity contribution < 1.29 is 19.1 Å². The fourth-order valence-electron chi connectivity index (χ4n) is 4.84. The lowest BCUT2D eigenvalue weighted by molar-refractivity contribution is -0.860. The highest BCUT2D eigenvalue weighted by atomic mass is 35.5. The molecule has 4 rings (SSSR count). The molecule has 0 spiro atoms. The Morgan fingerprint density at radius 2 is 1.97 bits per heavy atom. The molecule has 2 heterocycles. The zero-order valence-electron chi connectivity index (χ0n) is 21.2. The number of benzene rings is 2. The Bertz CT molecular complexity index is 1230. The topological polar surface area (TPSA) is 87.6 Å². The van der Waals surface area contributed by atoms with E-state index in [2.05, 4.69) is 20.2 Å². The first-order chi connectivity index (χ1) is 17.2. The lowest BCUT2D eigenvalue weighted by atomic mass is 9.96. The number of likely N-dealkylation sites (N-methyl/N-ethyl adjacent to an activating group) is 2. The molecule has 8 nitrogen and oxygen atoms in total. The normalized spacial score (nSPS) is 19.8. The van der Waals surface area contributed by atoms with Crippen LogP contribution in [0.25, 0.3) is 11.3 Å². The van der Waals surface area contributed by atoms with Crippen molar-refractivity contribution >= 4 is 29.0 Å². The number of quaternary nitrogens is 1. The molecule has 190 valence electrons. The van der Waals surface area contributed by atoms with Crippen LogP contribution in [0.3, 0.4) is 0 Å². The van der Waals surface area contributed by atoms with Gasteiger partial charge in [0.15, 0.2) is 0 Å². The Kier molecular flexibility index (Phi) is 7.78. The molecule has 0 radical (unpaired) electrons. The van der Waals surface area contributed by atoms with Crippen molar-refractivity contribution in [3.8, 4) is 22.8 Å². The monoisotopic (exact) mass is 510 g/mol. The summed E-state index contributed by atoms with van der Waals surface area (Å²) in [6, 6.07) is 10.4. The Hall–Kier alpha value is -3.20. The minimum atomic E-state index is 0.0148. The standard InChI is InChI=1S/C27H32ClN5O3/c1-32(2)17-19-7-5-6-12-33(19,3)27(35)21-13-22(28)23(14-25(21)36-4)30-26-16-29-15-24(31-26)18-8-10-20(34)11-9-18/h8-11,13-16,19H,5-7,12,17H2,1-4H3,(H-,30,31,34,35)/p+1. The number of ether oxygens (including phenoxy) is 1. The van der Waals surface area contributed by atoms with E-state index < -0.39 is 0 Å². The van der Waals surface area contributed by atoms with Crippen molar-refractivity contribution in [2.45, 2.75) is 25.3 Å². The van der Waals surface area contributed by atoms with E-state index in [1.807, 2.05) is 21.1 Å². The van der Waals surface area contributed by atoms with Gasteiger partial charge in [-0.2, -0.15) is 0 Å². The van der Waals surface area contributed by atoms with Crippen LogP contribution in [0.15, 0.2) is 48.8 Å². The van der Waals surface area contributed by atoms with E-state index in [9.17, 15) is 9.90 Å². The Labute approximate surface area is 217 Å². The molecule has 9 heteroatoms. The number of hydrogen-bond acceptors (Lipinski definition) is 7. The summed E-state index contributed by atoms with van der Waals surface area (Å²) in [6.07, 6.45) is 6.39. The third kappa shape index (κ3) is 5.46. The number of halogens is 1. The molecule has 3 aromatic rings. The molecule has 1 aromatic heterocycles. The molecule has 0 saturated carbocycles. The number of carbonyl (C=O) groups is 1. The summed E-state index contributed by atoms with van der Waals surface area (Å²) in [5, 5.41) is 13.1. The summed E-state index contributed by atoms with van der Waals surface area (Å²) in [7, 11) is 7.67. The maximum absolute atomic E-state index is 13.9. The third-order valence-electron chi connectivity index (χ3n) is 6.84. The number of phenolic OH excluding ortho intramolecular Hbond substituents is 1. The van der Waals surface area contributed by atoms with Gasteiger partial charge in [-0.3, -0.25) is 9.47 Å². The first kappa shape index (κ1) is 25.9. The molecule has 1 saturated heterocycles. The van der Waals surface area contributed by atoms with E-state index in [-0.39, 0.29) is 17.7 Å². The van der Waals surface area contributed by atoms with Gasteiger partial charge in [0, 0.05) is 18.1 Å². The van der Waals surface area contributed by atoms with Gasteiger partial charge in [-0.15, -0.1) is 0 Å². The van der Waals surface area contributed by atoms with Gasteiger partial charge in [-0.25, -0.2) is 9.78 Å². The molecule has 2 atom stereocenters. The SMILES string of the molecule is COc1cc(Nc2cncc(-c3ccc(O)cc3)n2)c(Cl)cc1C(=O)[N+]1(C)CCCCC1CN(C)C. The lowest BCUT2D eigenvalue weighted by Crippen LogP contribution is -2.61. The fourth-order valence-corrected chi connectivity index (χ4v) is 5.05. The molecule has 2 unspecified atom stereocenters. The molecule has 0 bridgehead atoms. The fraction of sp³-hybridized carbons (Fsp3) is 0.370. The number of nitrogens with one attached hydrogen (secondary N) is 1. The number of rotatable bonds is 7. The molecule has 36 heavy (non-hydrogen) atoms. The van der Waals surface area contributed by atoms with Crippen LogP contribution in [0.1, 0.15) is 29.6 Å². The van der Waals surface area contributed by atoms with Gasteiger partial charge >= 0.3 is 5.91 Å². The molecule has 1 aliphatic heterocycles. The summed E-state index contributed by atoms with van der Waals surface area (Å²) in [4.78, 5) is 24.9. The summed E-state index contributed by atoms with van der Waals surface area (Å²) >= 11 is 6.67. The van der Waals surface area contributed by atoms with Crippen molar-refractivity contribution in [2.75, 3.05) is 46.7 Å². The number of methoxy groups -OCH3 is 1. The van der Waals surface area contributed by atoms with E-state index in [0.717, 1.165) is 37.9 Å². The number of aromatic nitrogens is 2. The largest absolute Gasteiger partial charge is 0.508 e. The van der Waals surface area contributed by atoms with Crippen LogP contribution in [0, 0.1) is 0 Å².